The van der Waals surface area contributed by atoms with Crippen molar-refractivity contribution in [3.63, 3.8) is 0 Å². The van der Waals surface area contributed by atoms with E-state index in [0.717, 1.165) is 39.1 Å². The highest BCUT2D eigenvalue weighted by molar-refractivity contribution is 7.14. The summed E-state index contributed by atoms with van der Waals surface area (Å²) in [5.74, 6) is 0.302. The first-order valence-electron chi connectivity index (χ1n) is 6.52. The van der Waals surface area contributed by atoms with Gasteiger partial charge in [0.05, 0.1) is 5.00 Å². The van der Waals surface area contributed by atoms with E-state index in [1.807, 2.05) is 11.9 Å². The molecular formula is C13H21N3OS. The highest BCUT2D eigenvalue weighted by Crippen LogP contribution is 2.22. The van der Waals surface area contributed by atoms with Crippen LogP contribution in [0, 0.1) is 0 Å². The smallest absolute Gasteiger partial charge is 0.222 e. The maximum absolute atomic E-state index is 11.9. The summed E-state index contributed by atoms with van der Waals surface area (Å²) in [5.41, 5.74) is 0. The number of rotatable bonds is 5. The number of hydrogen-bond acceptors (Lipinski definition) is 4. The minimum atomic E-state index is 0.302. The maximum Gasteiger partial charge on any atom is 0.222 e. The Labute approximate surface area is 113 Å². The predicted octanol–water partition coefficient (Wildman–Crippen LogP) is 1.40. The molecule has 0 spiro atoms. The fourth-order valence-electron chi connectivity index (χ4n) is 2.20. The summed E-state index contributed by atoms with van der Waals surface area (Å²) in [7, 11) is 1.92. The minimum Gasteiger partial charge on any atom is -0.360 e. The van der Waals surface area contributed by atoms with Crippen LogP contribution in [0.4, 0.5) is 5.00 Å². The van der Waals surface area contributed by atoms with Gasteiger partial charge >= 0.3 is 0 Å². The lowest BCUT2D eigenvalue weighted by atomic mass is 10.2. The van der Waals surface area contributed by atoms with E-state index >= 15 is 0 Å². The maximum atomic E-state index is 11.9. The second-order valence-electron chi connectivity index (χ2n) is 4.53. The number of nitrogens with zero attached hydrogens (tertiary/aromatic N) is 2. The van der Waals surface area contributed by atoms with Crippen LogP contribution in [0.5, 0.6) is 0 Å². The summed E-state index contributed by atoms with van der Waals surface area (Å²) >= 11 is 1.77. The van der Waals surface area contributed by atoms with Crippen molar-refractivity contribution in [1.29, 1.82) is 0 Å². The largest absolute Gasteiger partial charge is 0.360 e. The molecule has 1 fully saturated rings. The molecule has 18 heavy (non-hydrogen) atoms. The molecule has 4 nitrogen and oxygen atoms in total. The number of amides is 1. The van der Waals surface area contributed by atoms with Crippen LogP contribution in [-0.4, -0.2) is 50.6 Å². The number of thiophene rings is 1. The number of anilines is 1. The van der Waals surface area contributed by atoms with Crippen LogP contribution >= 0.6 is 11.3 Å². The third-order valence-corrected chi connectivity index (χ3v) is 4.20. The molecule has 1 amide bonds. The van der Waals surface area contributed by atoms with Gasteiger partial charge in [-0.05, 0) is 37.5 Å². The van der Waals surface area contributed by atoms with E-state index < -0.39 is 0 Å². The Morgan fingerprint density at radius 2 is 2.17 bits per heavy atom. The molecular weight excluding hydrogens is 246 g/mol. The molecule has 0 bridgehead atoms. The van der Waals surface area contributed by atoms with E-state index in [1.54, 1.807) is 11.3 Å². The molecule has 0 aromatic carbocycles. The van der Waals surface area contributed by atoms with E-state index in [-0.39, 0.29) is 0 Å². The Kier molecular flexibility index (Phi) is 5.01. The Bertz CT molecular complexity index is 358. The lowest BCUT2D eigenvalue weighted by Crippen LogP contribution is -2.48. The fraction of sp³-hybridized carbons (Fsp3) is 0.615. The summed E-state index contributed by atoms with van der Waals surface area (Å²) in [4.78, 5) is 16.3. The normalized spacial score (nSPS) is 16.1. The van der Waals surface area contributed by atoms with Crippen molar-refractivity contribution in [2.75, 3.05) is 44.7 Å². The SMILES string of the molecule is CNCCCC(=O)N1CCN(c2cccs2)CC1. The molecule has 1 aromatic heterocycles. The topological polar surface area (TPSA) is 35.6 Å². The van der Waals surface area contributed by atoms with Gasteiger partial charge in [-0.2, -0.15) is 0 Å². The van der Waals surface area contributed by atoms with Crippen molar-refractivity contribution in [3.8, 4) is 0 Å². The second-order valence-corrected chi connectivity index (χ2v) is 5.45. The van der Waals surface area contributed by atoms with Gasteiger partial charge in [-0.1, -0.05) is 0 Å². The molecule has 1 saturated heterocycles. The van der Waals surface area contributed by atoms with Gasteiger partial charge in [0.1, 0.15) is 0 Å². The average molecular weight is 267 g/mol. The first kappa shape index (κ1) is 13.4. The van der Waals surface area contributed by atoms with Crippen LogP contribution in [0.3, 0.4) is 0 Å². The molecule has 1 aliphatic heterocycles. The number of hydrogen-bond donors (Lipinski definition) is 1. The van der Waals surface area contributed by atoms with Gasteiger partial charge in [-0.15, -0.1) is 11.3 Å². The zero-order valence-electron chi connectivity index (χ0n) is 10.9. The minimum absolute atomic E-state index is 0.302. The standard InChI is InChI=1S/C13H21N3OS/c1-14-6-2-4-12(17)15-7-9-16(10-8-15)13-5-3-11-18-13/h3,5,11,14H,2,4,6-10H2,1H3. The van der Waals surface area contributed by atoms with Crippen molar-refractivity contribution in [2.24, 2.45) is 0 Å². The molecule has 0 saturated carbocycles. The van der Waals surface area contributed by atoms with Crippen LogP contribution in [0.25, 0.3) is 0 Å². The van der Waals surface area contributed by atoms with E-state index in [9.17, 15) is 4.79 Å². The van der Waals surface area contributed by atoms with E-state index in [2.05, 4.69) is 27.7 Å². The predicted molar refractivity (Wildman–Crippen MR) is 76.3 cm³/mol. The molecule has 2 rings (SSSR count). The second kappa shape index (κ2) is 6.75. The quantitative estimate of drug-likeness (QED) is 0.819. The number of piperazine rings is 1. The van der Waals surface area contributed by atoms with Crippen molar-refractivity contribution >= 4 is 22.2 Å². The summed E-state index contributed by atoms with van der Waals surface area (Å²) in [6.45, 7) is 4.55. The first-order chi connectivity index (χ1) is 8.81. The summed E-state index contributed by atoms with van der Waals surface area (Å²) in [6.07, 6.45) is 1.60. The molecule has 0 radical (unpaired) electrons. The molecule has 1 aromatic rings. The lowest BCUT2D eigenvalue weighted by molar-refractivity contribution is -0.131. The Hall–Kier alpha value is -1.07. The summed E-state index contributed by atoms with van der Waals surface area (Å²) in [5, 5.41) is 6.49. The highest BCUT2D eigenvalue weighted by Gasteiger charge is 2.20. The van der Waals surface area contributed by atoms with Gasteiger partial charge in [0, 0.05) is 32.6 Å². The van der Waals surface area contributed by atoms with Crippen molar-refractivity contribution in [2.45, 2.75) is 12.8 Å². The van der Waals surface area contributed by atoms with Gasteiger partial charge in [-0.3, -0.25) is 4.79 Å². The molecule has 0 unspecified atom stereocenters. The molecule has 0 aliphatic carbocycles. The summed E-state index contributed by atoms with van der Waals surface area (Å²) in [6, 6.07) is 4.23. The molecule has 1 N–H and O–H groups in total. The van der Waals surface area contributed by atoms with Gasteiger partial charge in [0.2, 0.25) is 5.91 Å². The molecule has 2 heterocycles. The monoisotopic (exact) mass is 267 g/mol. The Morgan fingerprint density at radius 1 is 1.39 bits per heavy atom. The van der Waals surface area contributed by atoms with Crippen molar-refractivity contribution in [1.82, 2.24) is 10.2 Å². The molecule has 5 heteroatoms. The Balaban J connectivity index is 1.74. The van der Waals surface area contributed by atoms with Gasteiger partial charge < -0.3 is 15.1 Å². The van der Waals surface area contributed by atoms with Crippen LogP contribution < -0.4 is 10.2 Å². The van der Waals surface area contributed by atoms with Crippen LogP contribution in [0.15, 0.2) is 17.5 Å². The van der Waals surface area contributed by atoms with Crippen molar-refractivity contribution < 1.29 is 4.79 Å². The number of carbonyl (C=O) groups is 1. The molecule has 100 valence electrons. The number of carbonyl (C=O) groups excluding carboxylic acids is 1. The van der Waals surface area contributed by atoms with Gasteiger partial charge in [0.25, 0.3) is 0 Å². The summed E-state index contributed by atoms with van der Waals surface area (Å²) < 4.78 is 0. The zero-order valence-corrected chi connectivity index (χ0v) is 11.7. The van der Waals surface area contributed by atoms with E-state index in [0.29, 0.717) is 12.3 Å². The van der Waals surface area contributed by atoms with E-state index in [4.69, 9.17) is 0 Å². The van der Waals surface area contributed by atoms with Crippen LogP contribution in [0.2, 0.25) is 0 Å². The average Bonchev–Trinajstić information content (AvgIpc) is 2.93. The van der Waals surface area contributed by atoms with E-state index in [1.165, 1.54) is 5.00 Å². The lowest BCUT2D eigenvalue weighted by Gasteiger charge is -2.35. The fourth-order valence-corrected chi connectivity index (χ4v) is 2.99. The zero-order chi connectivity index (χ0) is 12.8. The number of nitrogens with one attached hydrogen (secondary N) is 1. The Morgan fingerprint density at radius 3 is 2.78 bits per heavy atom. The van der Waals surface area contributed by atoms with Gasteiger partial charge in [-0.25, -0.2) is 0 Å². The highest BCUT2D eigenvalue weighted by atomic mass is 32.1. The van der Waals surface area contributed by atoms with Crippen molar-refractivity contribution in [3.05, 3.63) is 17.5 Å². The molecule has 0 atom stereocenters. The first-order valence-corrected chi connectivity index (χ1v) is 7.40. The van der Waals surface area contributed by atoms with Crippen LogP contribution in [0.1, 0.15) is 12.8 Å². The molecule has 1 aliphatic rings. The van der Waals surface area contributed by atoms with Crippen LogP contribution in [-0.2, 0) is 4.79 Å². The third kappa shape index (κ3) is 3.46. The third-order valence-electron chi connectivity index (χ3n) is 3.27. The van der Waals surface area contributed by atoms with Gasteiger partial charge in [0.15, 0.2) is 0 Å².